The lowest BCUT2D eigenvalue weighted by molar-refractivity contribution is -0.143. The predicted octanol–water partition coefficient (Wildman–Crippen LogP) is 2.09. The summed E-state index contributed by atoms with van der Waals surface area (Å²) in [5.74, 6) is -0.909. The summed E-state index contributed by atoms with van der Waals surface area (Å²) < 4.78 is 69.3. The number of halogens is 3. The molecule has 162 valence electrons. The molecule has 1 amide bonds. The molecule has 1 aliphatic rings. The Morgan fingerprint density at radius 2 is 1.90 bits per heavy atom. The largest absolute Gasteiger partial charge is 0.433 e. The van der Waals surface area contributed by atoms with Crippen LogP contribution in [0.3, 0.4) is 0 Å². The van der Waals surface area contributed by atoms with Gasteiger partial charge in [-0.3, -0.25) is 4.79 Å². The third-order valence-electron chi connectivity index (χ3n) is 4.51. The van der Waals surface area contributed by atoms with E-state index in [0.717, 1.165) is 0 Å². The van der Waals surface area contributed by atoms with Gasteiger partial charge in [0.1, 0.15) is 5.82 Å². The average molecular weight is 443 g/mol. The molecule has 7 nitrogen and oxygen atoms in total. The molecule has 2 aromatic rings. The number of amides is 1. The van der Waals surface area contributed by atoms with Crippen molar-refractivity contribution in [2.24, 2.45) is 0 Å². The Hall–Kier alpha value is -2.53. The third-order valence-corrected chi connectivity index (χ3v) is 6.24. The minimum atomic E-state index is -4.63. The van der Waals surface area contributed by atoms with Crippen LogP contribution in [0, 0.1) is 0 Å². The van der Waals surface area contributed by atoms with Gasteiger partial charge in [0.25, 0.3) is 0 Å². The lowest BCUT2D eigenvalue weighted by Gasteiger charge is -2.20. The van der Waals surface area contributed by atoms with Crippen LogP contribution in [0.15, 0.2) is 35.2 Å². The second-order valence-corrected chi connectivity index (χ2v) is 8.81. The van der Waals surface area contributed by atoms with Crippen LogP contribution in [0.1, 0.15) is 29.2 Å². The molecule has 0 radical (unpaired) electrons. The van der Waals surface area contributed by atoms with Crippen LogP contribution in [-0.4, -0.2) is 43.2 Å². The van der Waals surface area contributed by atoms with Gasteiger partial charge in [0.2, 0.25) is 5.91 Å². The number of ether oxygens (including phenoxy) is 1. The van der Waals surface area contributed by atoms with Gasteiger partial charge in [-0.25, -0.2) is 18.4 Å². The van der Waals surface area contributed by atoms with Crippen molar-refractivity contribution in [3.63, 3.8) is 0 Å². The first-order valence-corrected chi connectivity index (χ1v) is 10.9. The molecular formula is C19H20F3N3O4S. The summed E-state index contributed by atoms with van der Waals surface area (Å²) in [7, 11) is -3.59. The number of aromatic nitrogens is 2. The van der Waals surface area contributed by atoms with Crippen LogP contribution in [0.4, 0.5) is 13.2 Å². The third kappa shape index (κ3) is 5.54. The summed E-state index contributed by atoms with van der Waals surface area (Å²) in [5.41, 5.74) is -0.756. The second-order valence-electron chi connectivity index (χ2n) is 6.70. The molecule has 1 N–H and O–H groups in total. The molecule has 0 spiro atoms. The van der Waals surface area contributed by atoms with Crippen molar-refractivity contribution in [2.45, 2.75) is 36.9 Å². The molecule has 0 aliphatic carbocycles. The lowest BCUT2D eigenvalue weighted by Crippen LogP contribution is -2.29. The van der Waals surface area contributed by atoms with E-state index in [1.165, 1.54) is 12.1 Å². The van der Waals surface area contributed by atoms with Crippen molar-refractivity contribution in [3.05, 3.63) is 53.1 Å². The van der Waals surface area contributed by atoms with Crippen LogP contribution in [0.25, 0.3) is 0 Å². The SMILES string of the molecule is O=C(CCS(=O)(=O)c1ccccc1)NCCc1nc2c(c(C(F)(F)F)n1)COCC2. The molecule has 0 saturated carbocycles. The fourth-order valence-corrected chi connectivity index (χ4v) is 4.27. The van der Waals surface area contributed by atoms with Crippen LogP contribution in [-0.2, 0) is 45.0 Å². The van der Waals surface area contributed by atoms with E-state index in [1.54, 1.807) is 18.2 Å². The highest BCUT2D eigenvalue weighted by Gasteiger charge is 2.38. The number of carbonyl (C=O) groups excluding carboxylic acids is 1. The molecule has 0 bridgehead atoms. The molecule has 3 rings (SSSR count). The van der Waals surface area contributed by atoms with Crippen molar-refractivity contribution in [1.29, 1.82) is 0 Å². The fourth-order valence-electron chi connectivity index (χ4n) is 3.00. The van der Waals surface area contributed by atoms with E-state index in [1.807, 2.05) is 0 Å². The topological polar surface area (TPSA) is 98.2 Å². The summed E-state index contributed by atoms with van der Waals surface area (Å²) >= 11 is 0. The molecule has 0 fully saturated rings. The molecule has 11 heteroatoms. The Kier molecular flexibility index (Phi) is 6.71. The van der Waals surface area contributed by atoms with E-state index in [0.29, 0.717) is 5.69 Å². The zero-order valence-corrected chi connectivity index (χ0v) is 16.7. The number of carbonyl (C=O) groups is 1. The summed E-state index contributed by atoms with van der Waals surface area (Å²) in [6, 6.07) is 7.76. The Balaban J connectivity index is 1.57. The highest BCUT2D eigenvalue weighted by atomic mass is 32.2. The average Bonchev–Trinajstić information content (AvgIpc) is 2.72. The van der Waals surface area contributed by atoms with Crippen molar-refractivity contribution in [1.82, 2.24) is 15.3 Å². The van der Waals surface area contributed by atoms with Gasteiger partial charge in [-0.1, -0.05) is 18.2 Å². The van der Waals surface area contributed by atoms with Crippen LogP contribution >= 0.6 is 0 Å². The molecular weight excluding hydrogens is 423 g/mol. The van der Waals surface area contributed by atoms with Crippen molar-refractivity contribution in [3.8, 4) is 0 Å². The molecule has 1 aromatic carbocycles. The van der Waals surface area contributed by atoms with Gasteiger partial charge in [0.15, 0.2) is 15.5 Å². The smallest absolute Gasteiger partial charge is 0.376 e. The summed E-state index contributed by atoms with van der Waals surface area (Å²) in [6.45, 7) is 0.0985. The van der Waals surface area contributed by atoms with Crippen molar-refractivity contribution < 1.29 is 31.1 Å². The molecule has 0 atom stereocenters. The van der Waals surface area contributed by atoms with Crippen LogP contribution < -0.4 is 5.32 Å². The number of nitrogens with one attached hydrogen (secondary N) is 1. The standard InChI is InChI=1S/C19H20F3N3O4S/c20-19(21,22)18-14-12-29-10-7-15(14)24-16(25-18)6-9-23-17(26)8-11-30(27,28)13-4-2-1-3-5-13/h1-5H,6-12H2,(H,23,26). The second kappa shape index (κ2) is 9.09. The van der Waals surface area contributed by atoms with Crippen LogP contribution in [0.2, 0.25) is 0 Å². The lowest BCUT2D eigenvalue weighted by atomic mass is 10.1. The first kappa shape index (κ1) is 22.2. The van der Waals surface area contributed by atoms with E-state index in [9.17, 15) is 26.4 Å². The van der Waals surface area contributed by atoms with Gasteiger partial charge >= 0.3 is 6.18 Å². The summed E-state index contributed by atoms with van der Waals surface area (Å²) in [4.78, 5) is 19.9. The number of nitrogens with zero attached hydrogens (tertiary/aromatic N) is 2. The Morgan fingerprint density at radius 3 is 2.60 bits per heavy atom. The van der Waals surface area contributed by atoms with Gasteiger partial charge in [0.05, 0.1) is 29.6 Å². The number of alkyl halides is 3. The molecule has 30 heavy (non-hydrogen) atoms. The number of benzene rings is 1. The van der Waals surface area contributed by atoms with E-state index in [2.05, 4.69) is 15.3 Å². The van der Waals surface area contributed by atoms with E-state index < -0.39 is 27.6 Å². The fraction of sp³-hybridized carbons (Fsp3) is 0.421. The van der Waals surface area contributed by atoms with Crippen LogP contribution in [0.5, 0.6) is 0 Å². The van der Waals surface area contributed by atoms with Gasteiger partial charge in [-0.05, 0) is 12.1 Å². The highest BCUT2D eigenvalue weighted by Crippen LogP contribution is 2.33. The van der Waals surface area contributed by atoms with Crippen molar-refractivity contribution >= 4 is 15.7 Å². The maximum Gasteiger partial charge on any atom is 0.433 e. The number of hydrogen-bond acceptors (Lipinski definition) is 6. The van der Waals surface area contributed by atoms with E-state index in [-0.39, 0.29) is 61.1 Å². The molecule has 1 aliphatic heterocycles. The summed E-state index contributed by atoms with van der Waals surface area (Å²) in [6.07, 6.45) is -4.63. The Bertz CT molecular complexity index is 1010. The minimum absolute atomic E-state index is 0.00317. The maximum absolute atomic E-state index is 13.3. The maximum atomic E-state index is 13.3. The van der Waals surface area contributed by atoms with Gasteiger partial charge in [-0.2, -0.15) is 13.2 Å². The van der Waals surface area contributed by atoms with Gasteiger partial charge in [-0.15, -0.1) is 0 Å². The Labute approximate surface area is 171 Å². The van der Waals surface area contributed by atoms with E-state index in [4.69, 9.17) is 4.74 Å². The zero-order chi connectivity index (χ0) is 21.8. The Morgan fingerprint density at radius 1 is 1.17 bits per heavy atom. The quantitative estimate of drug-likeness (QED) is 0.704. The first-order chi connectivity index (χ1) is 14.2. The highest BCUT2D eigenvalue weighted by molar-refractivity contribution is 7.91. The zero-order valence-electron chi connectivity index (χ0n) is 15.9. The van der Waals surface area contributed by atoms with Gasteiger partial charge < -0.3 is 10.1 Å². The number of hydrogen-bond donors (Lipinski definition) is 1. The minimum Gasteiger partial charge on any atom is -0.376 e. The first-order valence-electron chi connectivity index (χ1n) is 9.25. The molecule has 0 saturated heterocycles. The van der Waals surface area contributed by atoms with Crippen molar-refractivity contribution in [2.75, 3.05) is 18.9 Å². The molecule has 0 unspecified atom stereocenters. The normalized spacial score (nSPS) is 14.2. The number of fused-ring (bicyclic) bond motifs is 1. The monoisotopic (exact) mass is 443 g/mol. The number of sulfone groups is 1. The molecule has 1 aromatic heterocycles. The predicted molar refractivity (Wildman–Crippen MR) is 100 cm³/mol. The summed E-state index contributed by atoms with van der Waals surface area (Å²) in [5, 5.41) is 2.50. The van der Waals surface area contributed by atoms with Gasteiger partial charge in [0, 0.05) is 31.4 Å². The number of rotatable bonds is 7. The molecule has 2 heterocycles. The van der Waals surface area contributed by atoms with E-state index >= 15 is 0 Å².